The molecule has 0 N–H and O–H groups in total. The van der Waals surface area contributed by atoms with Gasteiger partial charge in [-0.1, -0.05) is 22.9 Å². The fourth-order valence-corrected chi connectivity index (χ4v) is 2.73. The van der Waals surface area contributed by atoms with Gasteiger partial charge in [0, 0.05) is 10.9 Å². The minimum atomic E-state index is 0.413. The summed E-state index contributed by atoms with van der Waals surface area (Å²) in [6, 6.07) is 4.05. The van der Waals surface area contributed by atoms with Crippen molar-refractivity contribution in [3.8, 4) is 11.5 Å². The van der Waals surface area contributed by atoms with Crippen LogP contribution in [0.1, 0.15) is 22.9 Å². The number of fused-ring (bicyclic) bond motifs is 1. The van der Waals surface area contributed by atoms with Gasteiger partial charge in [0.05, 0.1) is 14.2 Å². The summed E-state index contributed by atoms with van der Waals surface area (Å²) in [6.07, 6.45) is 1.07. The van der Waals surface area contributed by atoms with E-state index >= 15 is 0 Å². The van der Waals surface area contributed by atoms with Crippen molar-refractivity contribution in [2.24, 2.45) is 5.92 Å². The minimum Gasteiger partial charge on any atom is -0.497 e. The van der Waals surface area contributed by atoms with Crippen LogP contribution in [0.25, 0.3) is 0 Å². The normalized spacial score (nSPS) is 23.7. The van der Waals surface area contributed by atoms with Gasteiger partial charge < -0.3 is 9.47 Å². The molecule has 0 fully saturated rings. The molecule has 0 aromatic heterocycles. The van der Waals surface area contributed by atoms with Crippen LogP contribution in [0.5, 0.6) is 11.5 Å². The van der Waals surface area contributed by atoms with E-state index in [-0.39, 0.29) is 0 Å². The Labute approximate surface area is 98.7 Å². The molecule has 2 unspecified atom stereocenters. The third-order valence-electron chi connectivity index (χ3n) is 3.00. The van der Waals surface area contributed by atoms with Crippen molar-refractivity contribution < 1.29 is 9.47 Å². The van der Waals surface area contributed by atoms with Crippen LogP contribution in [0, 0.1) is 5.92 Å². The van der Waals surface area contributed by atoms with Crippen molar-refractivity contribution in [1.82, 2.24) is 0 Å². The number of ether oxygens (including phenoxy) is 2. The summed E-state index contributed by atoms with van der Waals surface area (Å²) >= 11 is 3.72. The summed E-state index contributed by atoms with van der Waals surface area (Å²) in [5.74, 6) is 2.42. The Balaban J connectivity index is 2.52. The van der Waals surface area contributed by atoms with E-state index in [9.17, 15) is 0 Å². The Morgan fingerprint density at radius 2 is 2.00 bits per heavy atom. The lowest BCUT2D eigenvalue weighted by Gasteiger charge is -2.11. The average molecular weight is 271 g/mol. The lowest BCUT2D eigenvalue weighted by molar-refractivity contribution is 0.391. The average Bonchev–Trinajstić information content (AvgIpc) is 2.54. The van der Waals surface area contributed by atoms with Crippen molar-refractivity contribution in [2.75, 3.05) is 14.2 Å². The molecular weight excluding hydrogens is 256 g/mol. The molecule has 0 saturated carbocycles. The van der Waals surface area contributed by atoms with Crippen molar-refractivity contribution in [1.29, 1.82) is 0 Å². The van der Waals surface area contributed by atoms with Gasteiger partial charge in [-0.25, -0.2) is 0 Å². The van der Waals surface area contributed by atoms with E-state index in [1.54, 1.807) is 14.2 Å². The Bertz CT molecular complexity index is 376. The number of hydrogen-bond donors (Lipinski definition) is 0. The zero-order valence-corrected chi connectivity index (χ0v) is 10.8. The van der Waals surface area contributed by atoms with Gasteiger partial charge in [-0.05, 0) is 29.5 Å². The van der Waals surface area contributed by atoms with Crippen LogP contribution < -0.4 is 9.47 Å². The third kappa shape index (κ3) is 1.73. The van der Waals surface area contributed by atoms with Gasteiger partial charge in [-0.3, -0.25) is 0 Å². The van der Waals surface area contributed by atoms with Crippen molar-refractivity contribution in [2.45, 2.75) is 18.2 Å². The number of halogens is 1. The van der Waals surface area contributed by atoms with Crippen LogP contribution >= 0.6 is 15.9 Å². The van der Waals surface area contributed by atoms with E-state index in [0.29, 0.717) is 10.7 Å². The summed E-state index contributed by atoms with van der Waals surface area (Å²) in [4.78, 5) is 0.413. The Hall–Kier alpha value is -0.700. The minimum absolute atomic E-state index is 0.413. The maximum Gasteiger partial charge on any atom is 0.126 e. The van der Waals surface area contributed by atoms with Crippen LogP contribution in [0.15, 0.2) is 12.1 Å². The highest BCUT2D eigenvalue weighted by molar-refractivity contribution is 9.09. The van der Waals surface area contributed by atoms with Crippen LogP contribution in [0.4, 0.5) is 0 Å². The summed E-state index contributed by atoms with van der Waals surface area (Å²) in [5, 5.41) is 0. The molecule has 1 aliphatic carbocycles. The summed E-state index contributed by atoms with van der Waals surface area (Å²) in [5.41, 5.74) is 2.62. The molecular formula is C12H15BrO2. The largest absolute Gasteiger partial charge is 0.497 e. The van der Waals surface area contributed by atoms with Crippen molar-refractivity contribution in [3.05, 3.63) is 23.3 Å². The van der Waals surface area contributed by atoms with E-state index in [1.165, 1.54) is 11.1 Å². The van der Waals surface area contributed by atoms with Gasteiger partial charge in [0.15, 0.2) is 0 Å². The molecule has 0 heterocycles. The molecule has 0 saturated heterocycles. The molecule has 1 aliphatic rings. The number of methoxy groups -OCH3 is 2. The first-order valence-electron chi connectivity index (χ1n) is 5.06. The first-order valence-corrected chi connectivity index (χ1v) is 5.97. The second kappa shape index (κ2) is 4.05. The van der Waals surface area contributed by atoms with Gasteiger partial charge in [0.2, 0.25) is 0 Å². The van der Waals surface area contributed by atoms with Crippen LogP contribution in [-0.2, 0) is 6.42 Å². The lowest BCUT2D eigenvalue weighted by atomic mass is 10.1. The highest BCUT2D eigenvalue weighted by Crippen LogP contribution is 2.47. The number of hydrogen-bond acceptors (Lipinski definition) is 2. The molecule has 2 nitrogen and oxygen atoms in total. The van der Waals surface area contributed by atoms with E-state index < -0.39 is 0 Å². The molecule has 1 aromatic carbocycles. The highest BCUT2D eigenvalue weighted by Gasteiger charge is 2.30. The molecule has 0 spiro atoms. The molecule has 0 bridgehead atoms. The van der Waals surface area contributed by atoms with Crippen LogP contribution in [-0.4, -0.2) is 14.2 Å². The fourth-order valence-electron chi connectivity index (χ4n) is 2.14. The maximum absolute atomic E-state index is 5.40. The van der Waals surface area contributed by atoms with Gasteiger partial charge in [-0.2, -0.15) is 0 Å². The van der Waals surface area contributed by atoms with Crippen molar-refractivity contribution >= 4 is 15.9 Å². The quantitative estimate of drug-likeness (QED) is 0.768. The molecule has 3 heteroatoms. The van der Waals surface area contributed by atoms with E-state index in [4.69, 9.17) is 9.47 Å². The second-order valence-corrected chi connectivity index (χ2v) is 4.97. The molecule has 82 valence electrons. The summed E-state index contributed by atoms with van der Waals surface area (Å²) in [7, 11) is 3.39. The zero-order valence-electron chi connectivity index (χ0n) is 9.21. The predicted molar refractivity (Wildman–Crippen MR) is 64.1 cm³/mol. The monoisotopic (exact) mass is 270 g/mol. The molecule has 0 amide bonds. The first-order chi connectivity index (χ1) is 7.17. The summed E-state index contributed by atoms with van der Waals surface area (Å²) in [6.45, 7) is 2.24. The fraction of sp³-hybridized carbons (Fsp3) is 0.500. The van der Waals surface area contributed by atoms with E-state index in [1.807, 2.05) is 6.07 Å². The van der Waals surface area contributed by atoms with Crippen LogP contribution in [0.2, 0.25) is 0 Å². The molecule has 0 radical (unpaired) electrons. The number of rotatable bonds is 2. The Kier molecular flexibility index (Phi) is 2.91. The predicted octanol–water partition coefficient (Wildman–Crippen LogP) is 3.33. The number of benzene rings is 1. The van der Waals surface area contributed by atoms with Gasteiger partial charge >= 0.3 is 0 Å². The Morgan fingerprint density at radius 3 is 2.60 bits per heavy atom. The SMILES string of the molecule is COc1cc(OC)c2c(c1)C(Br)C(C)C2. The Morgan fingerprint density at radius 1 is 1.27 bits per heavy atom. The van der Waals surface area contributed by atoms with Gasteiger partial charge in [0.25, 0.3) is 0 Å². The molecule has 15 heavy (non-hydrogen) atoms. The molecule has 1 aromatic rings. The third-order valence-corrected chi connectivity index (χ3v) is 4.39. The summed E-state index contributed by atoms with van der Waals surface area (Å²) < 4.78 is 10.7. The van der Waals surface area contributed by atoms with Gasteiger partial charge in [-0.15, -0.1) is 0 Å². The zero-order chi connectivity index (χ0) is 11.0. The van der Waals surface area contributed by atoms with Gasteiger partial charge in [0.1, 0.15) is 11.5 Å². The smallest absolute Gasteiger partial charge is 0.126 e. The molecule has 2 rings (SSSR count). The standard InChI is InChI=1S/C12H15BrO2/c1-7-4-9-10(12(7)13)5-8(14-2)6-11(9)15-3/h5-7,12H,4H2,1-3H3. The molecule has 2 atom stereocenters. The number of alkyl halides is 1. The van der Waals surface area contributed by atoms with E-state index in [2.05, 4.69) is 28.9 Å². The van der Waals surface area contributed by atoms with E-state index in [0.717, 1.165) is 17.9 Å². The first kappa shape index (κ1) is 10.8. The highest BCUT2D eigenvalue weighted by atomic mass is 79.9. The second-order valence-electron chi connectivity index (χ2n) is 3.98. The molecule has 0 aliphatic heterocycles. The topological polar surface area (TPSA) is 18.5 Å². The maximum atomic E-state index is 5.40. The lowest BCUT2D eigenvalue weighted by Crippen LogP contribution is -1.94. The van der Waals surface area contributed by atoms with Crippen molar-refractivity contribution in [3.63, 3.8) is 0 Å². The van der Waals surface area contributed by atoms with Crippen LogP contribution in [0.3, 0.4) is 0 Å².